The number of fused-ring (bicyclic) bond motifs is 1. The molecule has 1 aromatic carbocycles. The molecule has 13 heteroatoms. The maximum atomic E-state index is 12.6. The van der Waals surface area contributed by atoms with Gasteiger partial charge in [0.1, 0.15) is 30.1 Å². The first-order valence-electron chi connectivity index (χ1n) is 10.8. The van der Waals surface area contributed by atoms with Crippen LogP contribution in [0, 0.1) is 0 Å². The third-order valence-corrected chi connectivity index (χ3v) is 5.00. The lowest BCUT2D eigenvalue weighted by molar-refractivity contribution is -0.257. The van der Waals surface area contributed by atoms with E-state index in [2.05, 4.69) is 5.32 Å². The van der Waals surface area contributed by atoms with Crippen molar-refractivity contribution in [2.75, 3.05) is 6.61 Å². The summed E-state index contributed by atoms with van der Waals surface area (Å²) in [4.78, 5) is 59.7. The summed E-state index contributed by atoms with van der Waals surface area (Å²) in [6.07, 6.45) is -5.35. The van der Waals surface area contributed by atoms with Gasteiger partial charge in [0.05, 0.1) is 0 Å². The largest absolute Gasteiger partial charge is 0.508 e. The second-order valence-electron chi connectivity index (χ2n) is 7.96. The van der Waals surface area contributed by atoms with E-state index in [0.29, 0.717) is 5.39 Å². The second kappa shape index (κ2) is 11.1. The maximum absolute atomic E-state index is 12.6. The van der Waals surface area contributed by atoms with Gasteiger partial charge in [-0.15, -0.1) is 0 Å². The fraction of sp³-hybridized carbons (Fsp3) is 0.435. The molecule has 0 spiro atoms. The van der Waals surface area contributed by atoms with E-state index in [1.807, 2.05) is 0 Å². The van der Waals surface area contributed by atoms with Gasteiger partial charge in [-0.1, -0.05) is 0 Å². The number of nitrogens with one attached hydrogen (secondary N) is 1. The SMILES string of the molecule is CC(=O)N[C@H]1C(Oc2cc3ccc(O)cc3oc2=O)O[C@H](COC(C)=O)[C@@H](OC(C)=O)[C@@H]1OC(C)=O. The number of esters is 3. The van der Waals surface area contributed by atoms with Gasteiger partial charge in [-0.2, -0.15) is 0 Å². The van der Waals surface area contributed by atoms with Crippen molar-refractivity contribution in [1.82, 2.24) is 5.32 Å². The van der Waals surface area contributed by atoms with Crippen LogP contribution in [0.3, 0.4) is 0 Å². The lowest BCUT2D eigenvalue weighted by atomic mass is 9.96. The monoisotopic (exact) mass is 507 g/mol. The Hall–Kier alpha value is -4.13. The summed E-state index contributed by atoms with van der Waals surface area (Å²) in [5.41, 5.74) is -0.836. The Labute approximate surface area is 204 Å². The molecular weight excluding hydrogens is 482 g/mol. The van der Waals surface area contributed by atoms with Crippen molar-refractivity contribution in [3.63, 3.8) is 0 Å². The molecule has 3 rings (SSSR count). The van der Waals surface area contributed by atoms with E-state index in [9.17, 15) is 29.1 Å². The minimum absolute atomic E-state index is 0.0933. The minimum atomic E-state index is -1.48. The van der Waals surface area contributed by atoms with E-state index in [4.69, 9.17) is 28.1 Å². The van der Waals surface area contributed by atoms with E-state index in [1.165, 1.54) is 31.2 Å². The van der Waals surface area contributed by atoms with Crippen LogP contribution in [0.2, 0.25) is 0 Å². The average molecular weight is 507 g/mol. The third-order valence-electron chi connectivity index (χ3n) is 5.00. The van der Waals surface area contributed by atoms with Crippen LogP contribution in [-0.2, 0) is 38.1 Å². The van der Waals surface area contributed by atoms with Crippen molar-refractivity contribution in [3.05, 3.63) is 34.7 Å². The summed E-state index contributed by atoms with van der Waals surface area (Å²) in [6, 6.07) is 4.16. The summed E-state index contributed by atoms with van der Waals surface area (Å²) in [5, 5.41) is 12.5. The molecule has 1 saturated heterocycles. The third kappa shape index (κ3) is 6.50. The highest BCUT2D eigenvalue weighted by Gasteiger charge is 2.52. The van der Waals surface area contributed by atoms with E-state index < -0.39 is 66.7 Å². The zero-order valence-corrected chi connectivity index (χ0v) is 19.8. The Bertz CT molecular complexity index is 1220. The van der Waals surface area contributed by atoms with Crippen LogP contribution in [0.25, 0.3) is 11.0 Å². The first-order valence-corrected chi connectivity index (χ1v) is 10.8. The standard InChI is InChI=1S/C23H25NO12/c1-10(25)24-19-21(33-13(4)28)20(32-12(3)27)18(9-31-11(2)26)36-23(19)35-17-7-14-5-6-15(29)8-16(14)34-22(17)30/h5-8,18-21,23,29H,9H2,1-4H3,(H,24,25)/t18-,19-,20-,21-,23?/m1/s1. The fourth-order valence-corrected chi connectivity index (χ4v) is 3.68. The molecule has 194 valence electrons. The van der Waals surface area contributed by atoms with Crippen molar-refractivity contribution in [1.29, 1.82) is 0 Å². The van der Waals surface area contributed by atoms with E-state index in [1.54, 1.807) is 0 Å². The van der Waals surface area contributed by atoms with Gasteiger partial charge in [-0.05, 0) is 18.2 Å². The summed E-state index contributed by atoms with van der Waals surface area (Å²) >= 11 is 0. The van der Waals surface area contributed by atoms with Crippen molar-refractivity contribution < 1.29 is 52.4 Å². The van der Waals surface area contributed by atoms with Crippen molar-refractivity contribution in [2.45, 2.75) is 58.3 Å². The number of phenols is 1. The van der Waals surface area contributed by atoms with E-state index >= 15 is 0 Å². The Balaban J connectivity index is 2.04. The van der Waals surface area contributed by atoms with Crippen LogP contribution in [0.1, 0.15) is 27.7 Å². The van der Waals surface area contributed by atoms with Crippen LogP contribution < -0.4 is 15.7 Å². The molecule has 2 aromatic rings. The number of carbonyl (C=O) groups excluding carboxylic acids is 4. The van der Waals surface area contributed by atoms with Gasteiger partial charge in [-0.3, -0.25) is 19.2 Å². The molecule has 1 aliphatic rings. The Morgan fingerprint density at radius 3 is 2.25 bits per heavy atom. The number of benzene rings is 1. The van der Waals surface area contributed by atoms with Crippen LogP contribution >= 0.6 is 0 Å². The van der Waals surface area contributed by atoms with Gasteiger partial charge in [0.25, 0.3) is 0 Å². The van der Waals surface area contributed by atoms with Gasteiger partial charge < -0.3 is 38.5 Å². The molecule has 1 aliphatic heterocycles. The number of phenolic OH excluding ortho intramolecular Hbond substituents is 1. The Kier molecular flexibility index (Phi) is 8.14. The van der Waals surface area contributed by atoms with Gasteiger partial charge >= 0.3 is 23.5 Å². The molecule has 0 saturated carbocycles. The van der Waals surface area contributed by atoms with Gasteiger partial charge in [-0.25, -0.2) is 4.79 Å². The van der Waals surface area contributed by atoms with E-state index in [-0.39, 0.29) is 17.1 Å². The number of aromatic hydroxyl groups is 1. The molecule has 1 amide bonds. The van der Waals surface area contributed by atoms with Gasteiger partial charge in [0.15, 0.2) is 12.2 Å². The topological polar surface area (TPSA) is 177 Å². The highest BCUT2D eigenvalue weighted by atomic mass is 16.7. The molecule has 1 unspecified atom stereocenters. The predicted molar refractivity (Wildman–Crippen MR) is 119 cm³/mol. The number of carbonyl (C=O) groups is 4. The molecule has 2 heterocycles. The predicted octanol–water partition coefficient (Wildman–Crippen LogP) is 0.533. The molecule has 1 aromatic heterocycles. The summed E-state index contributed by atoms with van der Waals surface area (Å²) in [6.45, 7) is 4.13. The number of amides is 1. The molecule has 13 nitrogen and oxygen atoms in total. The van der Waals surface area contributed by atoms with Crippen LogP contribution in [0.15, 0.2) is 33.5 Å². The summed E-state index contributed by atoms with van der Waals surface area (Å²) < 4.78 is 32.5. The highest BCUT2D eigenvalue weighted by molar-refractivity contribution is 5.79. The number of ether oxygens (including phenoxy) is 5. The summed E-state index contributed by atoms with van der Waals surface area (Å²) in [5.74, 6) is -3.21. The molecule has 36 heavy (non-hydrogen) atoms. The number of hydrogen-bond donors (Lipinski definition) is 2. The highest BCUT2D eigenvalue weighted by Crippen LogP contribution is 2.29. The normalized spacial score (nSPS) is 23.4. The molecule has 0 bridgehead atoms. The van der Waals surface area contributed by atoms with Crippen LogP contribution in [0.5, 0.6) is 11.5 Å². The smallest absolute Gasteiger partial charge is 0.379 e. The molecule has 5 atom stereocenters. The molecule has 1 fully saturated rings. The first-order chi connectivity index (χ1) is 16.9. The number of rotatable bonds is 7. The summed E-state index contributed by atoms with van der Waals surface area (Å²) in [7, 11) is 0. The van der Waals surface area contributed by atoms with E-state index in [0.717, 1.165) is 20.8 Å². The quantitative estimate of drug-likeness (QED) is 0.302. The lowest BCUT2D eigenvalue weighted by Crippen LogP contribution is -2.67. The van der Waals surface area contributed by atoms with Crippen LogP contribution in [0.4, 0.5) is 0 Å². The minimum Gasteiger partial charge on any atom is -0.508 e. The van der Waals surface area contributed by atoms with Crippen molar-refractivity contribution >= 4 is 34.8 Å². The second-order valence-corrected chi connectivity index (χ2v) is 7.96. The fourth-order valence-electron chi connectivity index (χ4n) is 3.68. The zero-order chi connectivity index (χ0) is 26.6. The molecular formula is C23H25NO12. The molecule has 0 radical (unpaired) electrons. The maximum Gasteiger partial charge on any atom is 0.379 e. The first kappa shape index (κ1) is 26.5. The Morgan fingerprint density at radius 2 is 1.64 bits per heavy atom. The van der Waals surface area contributed by atoms with Crippen LogP contribution in [-0.4, -0.2) is 66.2 Å². The van der Waals surface area contributed by atoms with Gasteiger partial charge in [0, 0.05) is 39.1 Å². The molecule has 2 N–H and O–H groups in total. The zero-order valence-electron chi connectivity index (χ0n) is 19.8. The van der Waals surface area contributed by atoms with Gasteiger partial charge in [0.2, 0.25) is 17.9 Å². The number of hydrogen-bond acceptors (Lipinski definition) is 12. The molecule has 0 aliphatic carbocycles. The average Bonchev–Trinajstić information content (AvgIpc) is 2.76. The lowest BCUT2D eigenvalue weighted by Gasteiger charge is -2.44. The van der Waals surface area contributed by atoms with Crippen molar-refractivity contribution in [3.8, 4) is 11.5 Å². The Morgan fingerprint density at radius 1 is 0.972 bits per heavy atom. The van der Waals surface area contributed by atoms with Crippen molar-refractivity contribution in [2.24, 2.45) is 0 Å².